The van der Waals surface area contributed by atoms with Gasteiger partial charge in [-0.15, -0.1) is 0 Å². The number of hydrogen-bond acceptors (Lipinski definition) is 3. The number of nitrogens with one attached hydrogen (secondary N) is 1. The lowest BCUT2D eigenvalue weighted by molar-refractivity contribution is 0.358. The Kier molecular flexibility index (Phi) is 3.32. The Balaban J connectivity index is 1.73. The molecule has 16 heavy (non-hydrogen) atoms. The van der Waals surface area contributed by atoms with E-state index in [4.69, 9.17) is 0 Å². The maximum absolute atomic E-state index is 11.3. The van der Waals surface area contributed by atoms with Crippen LogP contribution in [0.1, 0.15) is 39.5 Å². The molecule has 0 bridgehead atoms. The quantitative estimate of drug-likeness (QED) is 0.821. The van der Waals surface area contributed by atoms with Gasteiger partial charge in [0.15, 0.2) is 9.84 Å². The molecule has 1 aliphatic heterocycles. The molecular formula is C12H23NO2S. The third-order valence-electron chi connectivity index (χ3n) is 3.99. The first-order chi connectivity index (χ1) is 7.36. The van der Waals surface area contributed by atoms with Gasteiger partial charge in [-0.3, -0.25) is 0 Å². The van der Waals surface area contributed by atoms with Crippen molar-refractivity contribution in [3.8, 4) is 0 Å². The molecule has 0 aromatic carbocycles. The highest BCUT2D eigenvalue weighted by atomic mass is 32.2. The highest BCUT2D eigenvalue weighted by Crippen LogP contribution is 2.37. The van der Waals surface area contributed by atoms with Crippen molar-refractivity contribution in [3.63, 3.8) is 0 Å². The van der Waals surface area contributed by atoms with Crippen LogP contribution in [-0.4, -0.2) is 32.5 Å². The Labute approximate surface area is 98.9 Å². The van der Waals surface area contributed by atoms with Crippen LogP contribution in [-0.2, 0) is 9.84 Å². The normalized spacial score (nSPS) is 36.6. The summed E-state index contributed by atoms with van der Waals surface area (Å²) in [5.41, 5.74) is 0.472. The fourth-order valence-electron chi connectivity index (χ4n) is 2.98. The van der Waals surface area contributed by atoms with Crippen LogP contribution in [0.3, 0.4) is 0 Å². The first kappa shape index (κ1) is 12.4. The third-order valence-corrected chi connectivity index (χ3v) is 5.83. The summed E-state index contributed by atoms with van der Waals surface area (Å²) in [4.78, 5) is 0. The molecule has 1 heterocycles. The van der Waals surface area contributed by atoms with Crippen LogP contribution in [0.5, 0.6) is 0 Å². The van der Waals surface area contributed by atoms with E-state index in [1.807, 2.05) is 0 Å². The summed E-state index contributed by atoms with van der Waals surface area (Å²) in [6.45, 7) is 5.52. The Morgan fingerprint density at radius 2 is 2.06 bits per heavy atom. The van der Waals surface area contributed by atoms with Gasteiger partial charge in [-0.25, -0.2) is 8.42 Å². The van der Waals surface area contributed by atoms with E-state index >= 15 is 0 Å². The lowest BCUT2D eigenvalue weighted by Gasteiger charge is -2.19. The van der Waals surface area contributed by atoms with Crippen LogP contribution in [0, 0.1) is 11.3 Å². The average Bonchev–Trinajstić information content (AvgIpc) is 2.66. The second-order valence-electron chi connectivity index (χ2n) is 6.28. The monoisotopic (exact) mass is 245 g/mol. The predicted molar refractivity (Wildman–Crippen MR) is 66.2 cm³/mol. The Morgan fingerprint density at radius 1 is 1.31 bits per heavy atom. The average molecular weight is 245 g/mol. The van der Waals surface area contributed by atoms with Crippen molar-refractivity contribution in [3.05, 3.63) is 0 Å². The van der Waals surface area contributed by atoms with Gasteiger partial charge in [0.2, 0.25) is 0 Å². The molecule has 2 aliphatic rings. The zero-order valence-electron chi connectivity index (χ0n) is 10.3. The molecule has 3 nitrogen and oxygen atoms in total. The summed E-state index contributed by atoms with van der Waals surface area (Å²) >= 11 is 0. The summed E-state index contributed by atoms with van der Waals surface area (Å²) in [5, 5.41) is 3.55. The molecule has 1 saturated carbocycles. The smallest absolute Gasteiger partial charge is 0.150 e. The van der Waals surface area contributed by atoms with Crippen LogP contribution >= 0.6 is 0 Å². The lowest BCUT2D eigenvalue weighted by atomic mass is 9.92. The van der Waals surface area contributed by atoms with Gasteiger partial charge in [0.05, 0.1) is 11.5 Å². The van der Waals surface area contributed by atoms with Crippen molar-refractivity contribution in [1.29, 1.82) is 0 Å². The molecule has 2 unspecified atom stereocenters. The third kappa shape index (κ3) is 3.20. The number of rotatable bonds is 3. The predicted octanol–water partition coefficient (Wildman–Crippen LogP) is 1.59. The van der Waals surface area contributed by atoms with E-state index in [0.29, 0.717) is 28.9 Å². The maximum Gasteiger partial charge on any atom is 0.150 e. The molecule has 0 amide bonds. The molecule has 0 aromatic heterocycles. The van der Waals surface area contributed by atoms with Crippen molar-refractivity contribution in [2.24, 2.45) is 11.3 Å². The molecule has 1 N–H and O–H groups in total. The molecule has 1 aliphatic carbocycles. The van der Waals surface area contributed by atoms with Gasteiger partial charge < -0.3 is 5.32 Å². The second kappa shape index (κ2) is 4.30. The summed E-state index contributed by atoms with van der Waals surface area (Å²) in [6, 6.07) is 0.610. The van der Waals surface area contributed by atoms with Gasteiger partial charge in [-0.05, 0) is 43.6 Å². The highest BCUT2D eigenvalue weighted by molar-refractivity contribution is 7.91. The van der Waals surface area contributed by atoms with Crippen LogP contribution < -0.4 is 5.32 Å². The topological polar surface area (TPSA) is 46.2 Å². The van der Waals surface area contributed by atoms with Crippen molar-refractivity contribution >= 4 is 9.84 Å². The van der Waals surface area contributed by atoms with Crippen molar-refractivity contribution in [1.82, 2.24) is 5.32 Å². The van der Waals surface area contributed by atoms with Crippen LogP contribution in [0.4, 0.5) is 0 Å². The van der Waals surface area contributed by atoms with Gasteiger partial charge >= 0.3 is 0 Å². The first-order valence-electron chi connectivity index (χ1n) is 6.30. The molecule has 2 fully saturated rings. The second-order valence-corrected chi connectivity index (χ2v) is 8.51. The molecule has 2 atom stereocenters. The number of hydrogen-bond donors (Lipinski definition) is 1. The van der Waals surface area contributed by atoms with E-state index in [-0.39, 0.29) is 0 Å². The highest BCUT2D eigenvalue weighted by Gasteiger charge is 2.32. The van der Waals surface area contributed by atoms with Gasteiger partial charge in [0, 0.05) is 6.04 Å². The summed E-state index contributed by atoms with van der Waals surface area (Å²) < 4.78 is 22.6. The maximum atomic E-state index is 11.3. The van der Waals surface area contributed by atoms with Crippen LogP contribution in [0.2, 0.25) is 0 Å². The van der Waals surface area contributed by atoms with E-state index in [1.54, 1.807) is 0 Å². The van der Waals surface area contributed by atoms with Gasteiger partial charge in [0.25, 0.3) is 0 Å². The Hall–Kier alpha value is -0.0900. The zero-order chi connectivity index (χ0) is 11.8. The molecule has 0 aromatic rings. The zero-order valence-corrected chi connectivity index (χ0v) is 11.1. The molecule has 4 heteroatoms. The van der Waals surface area contributed by atoms with E-state index in [2.05, 4.69) is 19.2 Å². The minimum absolute atomic E-state index is 0.355. The van der Waals surface area contributed by atoms with Gasteiger partial charge in [0.1, 0.15) is 0 Å². The molecule has 2 rings (SSSR count). The molecule has 0 spiro atoms. The van der Waals surface area contributed by atoms with E-state index in [0.717, 1.165) is 13.0 Å². The largest absolute Gasteiger partial charge is 0.314 e. The fraction of sp³-hybridized carbons (Fsp3) is 1.00. The molecule has 1 saturated heterocycles. The Morgan fingerprint density at radius 3 is 2.56 bits per heavy atom. The fourth-order valence-corrected chi connectivity index (χ4v) is 4.84. The van der Waals surface area contributed by atoms with Gasteiger partial charge in [-0.1, -0.05) is 13.8 Å². The van der Waals surface area contributed by atoms with Crippen molar-refractivity contribution in [2.45, 2.75) is 45.6 Å². The van der Waals surface area contributed by atoms with E-state index in [1.165, 1.54) is 19.3 Å². The van der Waals surface area contributed by atoms with Crippen LogP contribution in [0.15, 0.2) is 0 Å². The minimum Gasteiger partial charge on any atom is -0.314 e. The van der Waals surface area contributed by atoms with E-state index in [9.17, 15) is 8.42 Å². The van der Waals surface area contributed by atoms with Crippen molar-refractivity contribution < 1.29 is 8.42 Å². The SMILES string of the molecule is CC1(C)CCC(NCC2CCS(=O)(=O)C2)C1. The first-order valence-corrected chi connectivity index (χ1v) is 8.12. The standard InChI is InChI=1S/C12H23NO2S/c1-12(2)5-3-11(7-12)13-8-10-4-6-16(14,15)9-10/h10-11,13H,3-9H2,1-2H3. The van der Waals surface area contributed by atoms with Gasteiger partial charge in [-0.2, -0.15) is 0 Å². The Bertz CT molecular complexity index is 348. The van der Waals surface area contributed by atoms with E-state index < -0.39 is 9.84 Å². The lowest BCUT2D eigenvalue weighted by Crippen LogP contribution is -2.32. The minimum atomic E-state index is -2.70. The molecule has 0 radical (unpaired) electrons. The van der Waals surface area contributed by atoms with Crippen molar-refractivity contribution in [2.75, 3.05) is 18.1 Å². The summed E-state index contributed by atoms with van der Waals surface area (Å²) in [7, 11) is -2.70. The number of sulfone groups is 1. The summed E-state index contributed by atoms with van der Waals surface area (Å²) in [6.07, 6.45) is 4.61. The molecule has 94 valence electrons. The summed E-state index contributed by atoms with van der Waals surface area (Å²) in [5.74, 6) is 1.15. The molecular weight excluding hydrogens is 222 g/mol. The van der Waals surface area contributed by atoms with Crippen LogP contribution in [0.25, 0.3) is 0 Å².